The van der Waals surface area contributed by atoms with Gasteiger partial charge in [-0.25, -0.2) is 4.98 Å². The lowest BCUT2D eigenvalue weighted by Gasteiger charge is -2.00. The maximum atomic E-state index is 11.6. The third-order valence-corrected chi connectivity index (χ3v) is 2.47. The third-order valence-electron chi connectivity index (χ3n) is 1.69. The number of carbonyl (C=O) groups is 1. The van der Waals surface area contributed by atoms with Crippen molar-refractivity contribution in [1.29, 1.82) is 0 Å². The molecule has 5 nitrogen and oxygen atoms in total. The van der Waals surface area contributed by atoms with Gasteiger partial charge in [0.05, 0.1) is 23.1 Å². The predicted molar refractivity (Wildman–Crippen MR) is 56.8 cm³/mol. The normalized spacial score (nSPS) is 9.93. The molecule has 15 heavy (non-hydrogen) atoms. The first-order chi connectivity index (χ1) is 7.25. The average Bonchev–Trinajstić information content (AvgIpc) is 2.66. The highest BCUT2D eigenvalue weighted by Crippen LogP contribution is 2.10. The Labute approximate surface area is 90.2 Å². The van der Waals surface area contributed by atoms with Crippen LogP contribution < -0.4 is 5.32 Å². The molecule has 0 atom stereocenters. The highest BCUT2D eigenvalue weighted by molar-refractivity contribution is 7.09. The zero-order chi connectivity index (χ0) is 10.7. The van der Waals surface area contributed by atoms with Gasteiger partial charge in [0.1, 0.15) is 5.69 Å². The number of hydrogen-bond donors (Lipinski definition) is 1. The molecule has 1 N–H and O–H groups in total. The SMILES string of the molecule is Cc1nc(C(=O)Nc2ccnnc2)cs1. The third kappa shape index (κ3) is 2.35. The van der Waals surface area contributed by atoms with E-state index in [2.05, 4.69) is 20.5 Å². The van der Waals surface area contributed by atoms with Gasteiger partial charge in [0.15, 0.2) is 0 Å². The van der Waals surface area contributed by atoms with Crippen LogP contribution in [0, 0.1) is 6.92 Å². The quantitative estimate of drug-likeness (QED) is 0.832. The van der Waals surface area contributed by atoms with Gasteiger partial charge in [-0.05, 0) is 13.0 Å². The summed E-state index contributed by atoms with van der Waals surface area (Å²) in [6.45, 7) is 1.86. The van der Waals surface area contributed by atoms with E-state index in [-0.39, 0.29) is 5.91 Å². The van der Waals surface area contributed by atoms with Crippen molar-refractivity contribution in [2.75, 3.05) is 5.32 Å². The molecule has 76 valence electrons. The molecule has 0 aliphatic heterocycles. The topological polar surface area (TPSA) is 67.8 Å². The molecule has 0 saturated heterocycles. The van der Waals surface area contributed by atoms with E-state index in [1.54, 1.807) is 11.4 Å². The van der Waals surface area contributed by atoms with Crippen molar-refractivity contribution < 1.29 is 4.79 Å². The van der Waals surface area contributed by atoms with Crippen LogP contribution in [0.4, 0.5) is 5.69 Å². The lowest BCUT2D eigenvalue weighted by Crippen LogP contribution is -2.12. The Morgan fingerprint density at radius 1 is 1.47 bits per heavy atom. The van der Waals surface area contributed by atoms with Gasteiger partial charge in [-0.15, -0.1) is 11.3 Å². The van der Waals surface area contributed by atoms with E-state index in [0.717, 1.165) is 5.01 Å². The minimum Gasteiger partial charge on any atom is -0.319 e. The average molecular weight is 220 g/mol. The number of nitrogens with zero attached hydrogens (tertiary/aromatic N) is 3. The molecule has 0 aromatic carbocycles. The Balaban J connectivity index is 2.11. The van der Waals surface area contributed by atoms with E-state index in [4.69, 9.17) is 0 Å². The van der Waals surface area contributed by atoms with Crippen LogP contribution in [0.3, 0.4) is 0 Å². The lowest BCUT2D eigenvalue weighted by molar-refractivity contribution is 0.102. The molecule has 6 heteroatoms. The van der Waals surface area contributed by atoms with Crippen molar-refractivity contribution >= 4 is 22.9 Å². The molecule has 0 bridgehead atoms. The van der Waals surface area contributed by atoms with Crippen LogP contribution in [-0.2, 0) is 0 Å². The number of nitrogens with one attached hydrogen (secondary N) is 1. The minimum atomic E-state index is -0.229. The van der Waals surface area contributed by atoms with Crippen LogP contribution >= 0.6 is 11.3 Å². The van der Waals surface area contributed by atoms with Gasteiger partial charge in [0.25, 0.3) is 5.91 Å². The number of rotatable bonds is 2. The molecule has 0 aliphatic carbocycles. The first-order valence-corrected chi connectivity index (χ1v) is 5.14. The van der Waals surface area contributed by atoms with Gasteiger partial charge in [-0.1, -0.05) is 0 Å². The second-order valence-electron chi connectivity index (χ2n) is 2.84. The highest BCUT2D eigenvalue weighted by Gasteiger charge is 2.09. The molecule has 0 aliphatic rings. The van der Waals surface area contributed by atoms with E-state index in [9.17, 15) is 4.79 Å². The number of anilines is 1. The van der Waals surface area contributed by atoms with E-state index >= 15 is 0 Å². The minimum absolute atomic E-state index is 0.229. The fraction of sp³-hybridized carbons (Fsp3) is 0.111. The fourth-order valence-corrected chi connectivity index (χ4v) is 1.62. The molecule has 0 saturated carbocycles. The van der Waals surface area contributed by atoms with Crippen molar-refractivity contribution in [2.24, 2.45) is 0 Å². The molecule has 1 amide bonds. The van der Waals surface area contributed by atoms with Crippen LogP contribution in [0.25, 0.3) is 0 Å². The molecule has 0 radical (unpaired) electrons. The summed E-state index contributed by atoms with van der Waals surface area (Å²) < 4.78 is 0. The Morgan fingerprint density at radius 2 is 2.33 bits per heavy atom. The fourth-order valence-electron chi connectivity index (χ4n) is 1.03. The number of carbonyl (C=O) groups excluding carboxylic acids is 1. The first kappa shape index (κ1) is 9.72. The monoisotopic (exact) mass is 220 g/mol. The summed E-state index contributed by atoms with van der Waals surface area (Å²) in [6.07, 6.45) is 3.00. The van der Waals surface area contributed by atoms with Crippen LogP contribution in [-0.4, -0.2) is 21.1 Å². The summed E-state index contributed by atoms with van der Waals surface area (Å²) >= 11 is 1.44. The Morgan fingerprint density at radius 3 is 2.93 bits per heavy atom. The van der Waals surface area contributed by atoms with Gasteiger partial charge in [0.2, 0.25) is 0 Å². The summed E-state index contributed by atoms with van der Waals surface area (Å²) in [7, 11) is 0. The van der Waals surface area contributed by atoms with E-state index in [1.165, 1.54) is 23.7 Å². The number of aromatic nitrogens is 3. The predicted octanol–water partition coefficient (Wildman–Crippen LogP) is 1.49. The molecular formula is C9H8N4OS. The van der Waals surface area contributed by atoms with Crippen molar-refractivity contribution in [2.45, 2.75) is 6.92 Å². The summed E-state index contributed by atoms with van der Waals surface area (Å²) in [5.41, 5.74) is 1.04. The summed E-state index contributed by atoms with van der Waals surface area (Å²) in [5.74, 6) is -0.229. The van der Waals surface area contributed by atoms with Crippen molar-refractivity contribution in [1.82, 2.24) is 15.2 Å². The Hall–Kier alpha value is -1.82. The molecule has 0 spiro atoms. The molecule has 0 unspecified atom stereocenters. The number of aryl methyl sites for hydroxylation is 1. The Kier molecular flexibility index (Phi) is 2.68. The summed E-state index contributed by atoms with van der Waals surface area (Å²) in [4.78, 5) is 15.7. The van der Waals surface area contributed by atoms with Crippen LogP contribution in [0.5, 0.6) is 0 Å². The van der Waals surface area contributed by atoms with Gasteiger partial charge >= 0.3 is 0 Å². The Bertz CT molecular complexity index is 468. The van der Waals surface area contributed by atoms with Crippen molar-refractivity contribution in [3.63, 3.8) is 0 Å². The molecule has 2 heterocycles. The highest BCUT2D eigenvalue weighted by atomic mass is 32.1. The molecule has 0 fully saturated rings. The van der Waals surface area contributed by atoms with Crippen molar-refractivity contribution in [3.05, 3.63) is 34.5 Å². The maximum absolute atomic E-state index is 11.6. The van der Waals surface area contributed by atoms with Gasteiger partial charge in [-0.2, -0.15) is 10.2 Å². The van der Waals surface area contributed by atoms with Crippen LogP contribution in [0.15, 0.2) is 23.8 Å². The number of thiazole rings is 1. The van der Waals surface area contributed by atoms with Crippen LogP contribution in [0.1, 0.15) is 15.5 Å². The van der Waals surface area contributed by atoms with E-state index < -0.39 is 0 Å². The van der Waals surface area contributed by atoms with Crippen molar-refractivity contribution in [3.8, 4) is 0 Å². The zero-order valence-corrected chi connectivity index (χ0v) is 8.78. The number of hydrogen-bond acceptors (Lipinski definition) is 5. The maximum Gasteiger partial charge on any atom is 0.275 e. The second kappa shape index (κ2) is 4.14. The molecule has 2 rings (SSSR count). The number of amides is 1. The molecule has 2 aromatic heterocycles. The zero-order valence-electron chi connectivity index (χ0n) is 7.97. The summed E-state index contributed by atoms with van der Waals surface area (Å²) in [6, 6.07) is 1.67. The first-order valence-electron chi connectivity index (χ1n) is 4.26. The van der Waals surface area contributed by atoms with E-state index in [1.807, 2.05) is 6.92 Å². The van der Waals surface area contributed by atoms with Gasteiger partial charge in [0, 0.05) is 5.38 Å². The van der Waals surface area contributed by atoms with Gasteiger partial charge < -0.3 is 5.32 Å². The standard InChI is InChI=1S/C9H8N4OS/c1-6-12-8(5-15-6)9(14)13-7-2-3-10-11-4-7/h2-5H,1H3,(H,10,13,14). The lowest BCUT2D eigenvalue weighted by atomic mass is 10.4. The largest absolute Gasteiger partial charge is 0.319 e. The summed E-state index contributed by atoms with van der Waals surface area (Å²) in [5, 5.41) is 12.5. The van der Waals surface area contributed by atoms with E-state index in [0.29, 0.717) is 11.4 Å². The van der Waals surface area contributed by atoms with Gasteiger partial charge in [-0.3, -0.25) is 4.79 Å². The van der Waals surface area contributed by atoms with Crippen LogP contribution in [0.2, 0.25) is 0 Å². The molecular weight excluding hydrogens is 212 g/mol. The smallest absolute Gasteiger partial charge is 0.275 e. The molecule has 2 aromatic rings. The second-order valence-corrected chi connectivity index (χ2v) is 3.90.